The molecule has 0 amide bonds. The van der Waals surface area contributed by atoms with Crippen LogP contribution < -0.4 is 0 Å². The van der Waals surface area contributed by atoms with Gasteiger partial charge in [0.25, 0.3) is 0 Å². The van der Waals surface area contributed by atoms with Gasteiger partial charge in [-0.05, 0) is 18.9 Å². The summed E-state index contributed by atoms with van der Waals surface area (Å²) in [6, 6.07) is 9.25. The van der Waals surface area contributed by atoms with Crippen LogP contribution in [0.1, 0.15) is 25.8 Å². The Labute approximate surface area is 107 Å². The van der Waals surface area contributed by atoms with E-state index in [1.54, 1.807) is 6.92 Å². The van der Waals surface area contributed by atoms with Gasteiger partial charge in [0.2, 0.25) is 0 Å². The molecule has 98 valence electrons. The molecule has 0 saturated heterocycles. The van der Waals surface area contributed by atoms with Crippen molar-refractivity contribution in [3.8, 4) is 0 Å². The van der Waals surface area contributed by atoms with Gasteiger partial charge in [0.1, 0.15) is 5.41 Å². The summed E-state index contributed by atoms with van der Waals surface area (Å²) in [5.74, 6) is -1.14. The molecule has 1 aromatic carbocycles. The molecule has 4 heteroatoms. The number of carboxylic acids is 1. The van der Waals surface area contributed by atoms with Crippen molar-refractivity contribution < 1.29 is 15.0 Å². The second kappa shape index (κ2) is 5.78. The number of hydrogen-bond donors (Lipinski definition) is 3. The van der Waals surface area contributed by atoms with Crippen LogP contribution in [0.15, 0.2) is 30.3 Å². The third-order valence-electron chi connectivity index (χ3n) is 3.41. The molecule has 0 saturated carbocycles. The van der Waals surface area contributed by atoms with Gasteiger partial charge in [0.05, 0.1) is 6.10 Å². The van der Waals surface area contributed by atoms with Gasteiger partial charge in [-0.15, -0.1) is 0 Å². The largest absolute Gasteiger partial charge is 0.480 e. The maximum atomic E-state index is 11.4. The van der Waals surface area contributed by atoms with Crippen LogP contribution in [0.3, 0.4) is 0 Å². The molecule has 4 nitrogen and oxygen atoms in total. The van der Waals surface area contributed by atoms with Gasteiger partial charge in [-0.25, -0.2) is 0 Å². The third kappa shape index (κ3) is 2.59. The summed E-state index contributed by atoms with van der Waals surface area (Å²) in [5, 5.41) is 27.2. The molecule has 0 heterocycles. The van der Waals surface area contributed by atoms with Crippen LogP contribution >= 0.6 is 0 Å². The van der Waals surface area contributed by atoms with Gasteiger partial charge in [-0.1, -0.05) is 37.3 Å². The summed E-state index contributed by atoms with van der Waals surface area (Å²) in [7, 11) is 0. The Hall–Kier alpha value is -1.68. The molecule has 0 fully saturated rings. The van der Waals surface area contributed by atoms with Crippen molar-refractivity contribution in [1.82, 2.24) is 0 Å². The first kappa shape index (κ1) is 14.4. The van der Waals surface area contributed by atoms with Crippen molar-refractivity contribution in [3.63, 3.8) is 0 Å². The first-order valence-electron chi connectivity index (χ1n) is 5.98. The number of hydrogen-bond acceptors (Lipinski definition) is 3. The molecule has 0 bridgehead atoms. The zero-order valence-electron chi connectivity index (χ0n) is 10.7. The minimum Gasteiger partial charge on any atom is -0.480 e. The maximum absolute atomic E-state index is 11.4. The minimum absolute atomic E-state index is 0.0405. The van der Waals surface area contributed by atoms with E-state index < -0.39 is 17.5 Å². The van der Waals surface area contributed by atoms with E-state index in [0.29, 0.717) is 0 Å². The lowest BCUT2D eigenvalue weighted by Gasteiger charge is -2.31. The van der Waals surface area contributed by atoms with E-state index in [-0.39, 0.29) is 18.6 Å². The molecule has 0 aliphatic heterocycles. The monoisotopic (exact) mass is 249 g/mol. The molecule has 0 radical (unpaired) electrons. The lowest BCUT2D eigenvalue weighted by Crippen LogP contribution is -2.47. The summed E-state index contributed by atoms with van der Waals surface area (Å²) < 4.78 is 0. The van der Waals surface area contributed by atoms with Crippen molar-refractivity contribution in [2.24, 2.45) is 5.41 Å². The number of rotatable bonds is 6. The van der Waals surface area contributed by atoms with Gasteiger partial charge in [-0.2, -0.15) is 0 Å². The Morgan fingerprint density at radius 3 is 2.33 bits per heavy atom. The van der Waals surface area contributed by atoms with Crippen molar-refractivity contribution in [3.05, 3.63) is 35.9 Å². The highest BCUT2D eigenvalue weighted by molar-refractivity contribution is 6.06. The predicted octanol–water partition coefficient (Wildman–Crippen LogP) is 2.11. The zero-order chi connectivity index (χ0) is 13.8. The second-order valence-electron chi connectivity index (χ2n) is 4.45. The topological polar surface area (TPSA) is 81.4 Å². The Morgan fingerprint density at radius 2 is 1.94 bits per heavy atom. The van der Waals surface area contributed by atoms with Gasteiger partial charge >= 0.3 is 5.97 Å². The van der Waals surface area contributed by atoms with Gasteiger partial charge in [-0.3, -0.25) is 4.79 Å². The maximum Gasteiger partial charge on any atom is 0.318 e. The zero-order valence-corrected chi connectivity index (χ0v) is 10.7. The number of benzene rings is 1. The lowest BCUT2D eigenvalue weighted by molar-refractivity contribution is -0.150. The molecule has 0 aromatic heterocycles. The molecule has 0 spiro atoms. The van der Waals surface area contributed by atoms with Crippen molar-refractivity contribution in [2.45, 2.75) is 32.8 Å². The SMILES string of the molecule is CCC(C(=N)Cc1ccccc1)(C(=O)O)C(C)O. The van der Waals surface area contributed by atoms with Crippen LogP contribution in [0.25, 0.3) is 0 Å². The molecular weight excluding hydrogens is 230 g/mol. The van der Waals surface area contributed by atoms with Crippen LogP contribution in [0.4, 0.5) is 0 Å². The summed E-state index contributed by atoms with van der Waals surface area (Å²) in [4.78, 5) is 11.4. The fourth-order valence-electron chi connectivity index (χ4n) is 2.18. The summed E-state index contributed by atoms with van der Waals surface area (Å²) in [5.41, 5.74) is -0.573. The van der Waals surface area contributed by atoms with E-state index in [1.165, 1.54) is 6.92 Å². The quantitative estimate of drug-likeness (QED) is 0.675. The Bertz CT molecular complexity index is 428. The molecule has 1 rings (SSSR count). The average Bonchev–Trinajstić information content (AvgIpc) is 2.30. The van der Waals surface area contributed by atoms with E-state index in [2.05, 4.69) is 0 Å². The van der Waals surface area contributed by atoms with Crippen LogP contribution in [-0.4, -0.2) is 28.0 Å². The van der Waals surface area contributed by atoms with Gasteiger partial charge < -0.3 is 15.6 Å². The molecule has 0 aliphatic rings. The van der Waals surface area contributed by atoms with Crippen LogP contribution in [0.2, 0.25) is 0 Å². The van der Waals surface area contributed by atoms with Crippen LogP contribution in [0.5, 0.6) is 0 Å². The van der Waals surface area contributed by atoms with E-state index >= 15 is 0 Å². The van der Waals surface area contributed by atoms with Crippen molar-refractivity contribution >= 4 is 11.7 Å². The highest BCUT2D eigenvalue weighted by atomic mass is 16.4. The minimum atomic E-state index is -1.49. The Kier molecular flexibility index (Phi) is 4.62. The molecule has 3 N–H and O–H groups in total. The summed E-state index contributed by atoms with van der Waals surface area (Å²) in [6.45, 7) is 3.11. The molecule has 2 atom stereocenters. The van der Waals surface area contributed by atoms with Crippen molar-refractivity contribution in [1.29, 1.82) is 5.41 Å². The van der Waals surface area contributed by atoms with Crippen molar-refractivity contribution in [2.75, 3.05) is 0 Å². The Balaban J connectivity index is 3.01. The number of aliphatic carboxylic acids is 1. The molecular formula is C14H19NO3. The van der Waals surface area contributed by atoms with Crippen LogP contribution in [-0.2, 0) is 11.2 Å². The lowest BCUT2D eigenvalue weighted by atomic mass is 9.74. The van der Waals surface area contributed by atoms with E-state index in [1.807, 2.05) is 30.3 Å². The highest BCUT2D eigenvalue weighted by Crippen LogP contribution is 2.30. The Morgan fingerprint density at radius 1 is 1.39 bits per heavy atom. The van der Waals surface area contributed by atoms with E-state index in [9.17, 15) is 15.0 Å². The first-order chi connectivity index (χ1) is 8.45. The molecule has 2 unspecified atom stereocenters. The van der Waals surface area contributed by atoms with Gasteiger partial charge in [0.15, 0.2) is 0 Å². The number of nitrogens with one attached hydrogen (secondary N) is 1. The fourth-order valence-corrected chi connectivity index (χ4v) is 2.18. The smallest absolute Gasteiger partial charge is 0.318 e. The summed E-state index contributed by atoms with van der Waals surface area (Å²) in [6.07, 6.45) is -0.645. The number of carboxylic acid groups (broad SMARTS) is 1. The molecule has 0 aliphatic carbocycles. The van der Waals surface area contributed by atoms with Gasteiger partial charge in [0, 0.05) is 12.1 Å². The number of aliphatic hydroxyl groups is 1. The number of aliphatic hydroxyl groups excluding tert-OH is 1. The predicted molar refractivity (Wildman–Crippen MR) is 69.9 cm³/mol. The standard InChI is InChI=1S/C14H19NO3/c1-3-14(10(2)16,13(17)18)12(15)9-11-7-5-4-6-8-11/h4-8,10,15-16H,3,9H2,1-2H3,(H,17,18). The molecule has 1 aromatic rings. The molecule has 18 heavy (non-hydrogen) atoms. The van der Waals surface area contributed by atoms with Crippen LogP contribution in [0, 0.1) is 10.8 Å². The third-order valence-corrected chi connectivity index (χ3v) is 3.41. The average molecular weight is 249 g/mol. The number of carbonyl (C=O) groups is 1. The summed E-state index contributed by atoms with van der Waals surface area (Å²) >= 11 is 0. The van der Waals surface area contributed by atoms with E-state index in [0.717, 1.165) is 5.56 Å². The van der Waals surface area contributed by atoms with E-state index in [4.69, 9.17) is 5.41 Å². The fraction of sp³-hybridized carbons (Fsp3) is 0.429. The highest BCUT2D eigenvalue weighted by Gasteiger charge is 2.45. The first-order valence-corrected chi connectivity index (χ1v) is 5.98. The second-order valence-corrected chi connectivity index (χ2v) is 4.45. The normalized spacial score (nSPS) is 15.7.